The quantitative estimate of drug-likeness (QED) is 0.595. The molecule has 1 aliphatic heterocycles. The van der Waals surface area contributed by atoms with Crippen LogP contribution in [0.4, 0.5) is 11.5 Å². The van der Waals surface area contributed by atoms with Gasteiger partial charge in [-0.05, 0) is 69.2 Å². The lowest BCUT2D eigenvalue weighted by atomic mass is 10.2. The van der Waals surface area contributed by atoms with Crippen LogP contribution in [0.3, 0.4) is 0 Å². The molecule has 0 saturated carbocycles. The molecule has 1 N–H and O–H groups in total. The molecule has 31 heavy (non-hydrogen) atoms. The molecule has 0 bridgehead atoms. The summed E-state index contributed by atoms with van der Waals surface area (Å²) < 4.78 is 33.1. The molecule has 1 aliphatic rings. The molecule has 1 aromatic carbocycles. The van der Waals surface area contributed by atoms with Gasteiger partial charge in [0.05, 0.1) is 10.6 Å². The Morgan fingerprint density at radius 2 is 1.71 bits per heavy atom. The van der Waals surface area contributed by atoms with Crippen molar-refractivity contribution in [3.8, 4) is 11.5 Å². The van der Waals surface area contributed by atoms with Crippen molar-refractivity contribution in [2.75, 3.05) is 18.4 Å². The molecular weight excluding hydrogens is 412 g/mol. The van der Waals surface area contributed by atoms with Crippen LogP contribution in [0.15, 0.2) is 59.6 Å². The smallest absolute Gasteiger partial charge is 0.243 e. The molecule has 1 fully saturated rings. The summed E-state index contributed by atoms with van der Waals surface area (Å²) in [7, 11) is -3.44. The molecule has 0 atom stereocenters. The van der Waals surface area contributed by atoms with Gasteiger partial charge in [0.15, 0.2) is 0 Å². The maximum Gasteiger partial charge on any atom is 0.243 e. The number of aryl methyl sites for hydroxylation is 2. The third kappa shape index (κ3) is 5.03. The Labute approximate surface area is 183 Å². The van der Waals surface area contributed by atoms with Crippen molar-refractivity contribution < 1.29 is 13.2 Å². The van der Waals surface area contributed by atoms with E-state index in [1.807, 2.05) is 26.0 Å². The first-order chi connectivity index (χ1) is 14.9. The number of piperidine rings is 1. The van der Waals surface area contributed by atoms with Gasteiger partial charge < -0.3 is 10.1 Å². The number of ether oxygens (including phenoxy) is 1. The van der Waals surface area contributed by atoms with E-state index in [1.54, 1.807) is 46.9 Å². The van der Waals surface area contributed by atoms with E-state index in [-0.39, 0.29) is 0 Å². The number of sulfonamides is 1. The Kier molecular flexibility index (Phi) is 6.20. The average Bonchev–Trinajstić information content (AvgIpc) is 2.77. The van der Waals surface area contributed by atoms with Crippen LogP contribution in [-0.4, -0.2) is 35.8 Å². The predicted octanol–water partition coefficient (Wildman–Crippen LogP) is 4.80. The first-order valence-corrected chi connectivity index (χ1v) is 11.8. The van der Waals surface area contributed by atoms with Crippen molar-refractivity contribution >= 4 is 21.5 Å². The molecule has 0 radical (unpaired) electrons. The topological polar surface area (TPSA) is 84.4 Å². The van der Waals surface area contributed by atoms with Crippen LogP contribution in [0.5, 0.6) is 11.5 Å². The number of hydrogen-bond donors (Lipinski definition) is 1. The van der Waals surface area contributed by atoms with Crippen molar-refractivity contribution in [3.05, 3.63) is 66.1 Å². The number of aromatic nitrogens is 2. The highest BCUT2D eigenvalue weighted by Gasteiger charge is 2.25. The summed E-state index contributed by atoms with van der Waals surface area (Å²) in [6.07, 6.45) is 4.58. The normalized spacial score (nSPS) is 14.9. The van der Waals surface area contributed by atoms with Gasteiger partial charge in [0.1, 0.15) is 17.3 Å². The number of anilines is 2. The van der Waals surface area contributed by atoms with Crippen molar-refractivity contribution in [1.82, 2.24) is 14.3 Å². The second-order valence-corrected chi connectivity index (χ2v) is 9.57. The third-order valence-corrected chi connectivity index (χ3v) is 7.13. The maximum absolute atomic E-state index is 12.8. The summed E-state index contributed by atoms with van der Waals surface area (Å²) in [4.78, 5) is 9.05. The monoisotopic (exact) mass is 438 g/mol. The van der Waals surface area contributed by atoms with E-state index in [9.17, 15) is 8.42 Å². The zero-order chi connectivity index (χ0) is 21.8. The van der Waals surface area contributed by atoms with E-state index in [2.05, 4.69) is 15.3 Å². The second kappa shape index (κ2) is 9.03. The summed E-state index contributed by atoms with van der Waals surface area (Å²) in [6, 6.07) is 14.1. The molecule has 7 nitrogen and oxygen atoms in total. The number of hydrogen-bond acceptors (Lipinski definition) is 6. The molecule has 4 rings (SSSR count). The highest BCUT2D eigenvalue weighted by atomic mass is 32.2. The lowest BCUT2D eigenvalue weighted by Crippen LogP contribution is -2.35. The minimum atomic E-state index is -3.44. The minimum absolute atomic E-state index is 0.312. The number of nitrogens with zero attached hydrogens (tertiary/aromatic N) is 3. The fourth-order valence-electron chi connectivity index (χ4n) is 3.56. The van der Waals surface area contributed by atoms with Gasteiger partial charge in [-0.1, -0.05) is 6.42 Å². The number of nitrogens with one attached hydrogen (secondary N) is 1. The van der Waals surface area contributed by atoms with Crippen LogP contribution in [0.25, 0.3) is 0 Å². The van der Waals surface area contributed by atoms with E-state index in [0.29, 0.717) is 35.3 Å². The predicted molar refractivity (Wildman–Crippen MR) is 120 cm³/mol. The summed E-state index contributed by atoms with van der Waals surface area (Å²) in [6.45, 7) is 5.03. The van der Waals surface area contributed by atoms with Crippen LogP contribution in [0, 0.1) is 13.8 Å². The first kappa shape index (κ1) is 21.3. The van der Waals surface area contributed by atoms with Gasteiger partial charge in [0.25, 0.3) is 0 Å². The third-order valence-electron chi connectivity index (χ3n) is 5.22. The summed E-state index contributed by atoms with van der Waals surface area (Å²) >= 11 is 0. The Hall–Kier alpha value is -2.97. The Morgan fingerprint density at radius 1 is 0.968 bits per heavy atom. The highest BCUT2D eigenvalue weighted by molar-refractivity contribution is 7.89. The standard InChI is InChI=1S/C23H26N4O3S/c1-17-6-11-22(18(2)25-17)30-20-12-13-24-23(16-20)26-19-7-9-21(10-8-19)31(28,29)27-14-4-3-5-15-27/h6-13,16H,3-5,14-15H2,1-2H3,(H,24,26). The molecule has 0 amide bonds. The molecule has 162 valence electrons. The van der Waals surface area contributed by atoms with Gasteiger partial charge in [-0.25, -0.2) is 13.4 Å². The van der Waals surface area contributed by atoms with Crippen molar-refractivity contribution in [2.24, 2.45) is 0 Å². The molecule has 2 aromatic heterocycles. The molecule has 8 heteroatoms. The Morgan fingerprint density at radius 3 is 2.42 bits per heavy atom. The van der Waals surface area contributed by atoms with E-state index < -0.39 is 10.0 Å². The first-order valence-electron chi connectivity index (χ1n) is 10.4. The van der Waals surface area contributed by atoms with E-state index in [1.165, 1.54) is 0 Å². The van der Waals surface area contributed by atoms with Gasteiger partial charge in [0, 0.05) is 36.7 Å². The van der Waals surface area contributed by atoms with Crippen molar-refractivity contribution in [1.29, 1.82) is 0 Å². The zero-order valence-electron chi connectivity index (χ0n) is 17.7. The number of benzene rings is 1. The van der Waals surface area contributed by atoms with Crippen molar-refractivity contribution in [3.63, 3.8) is 0 Å². The number of rotatable bonds is 6. The van der Waals surface area contributed by atoms with Crippen LogP contribution in [0.1, 0.15) is 30.7 Å². The largest absolute Gasteiger partial charge is 0.455 e. The van der Waals surface area contributed by atoms with Gasteiger partial charge in [0.2, 0.25) is 10.0 Å². The molecule has 0 spiro atoms. The van der Waals surface area contributed by atoms with Crippen LogP contribution < -0.4 is 10.1 Å². The van der Waals surface area contributed by atoms with Gasteiger partial charge in [-0.2, -0.15) is 4.31 Å². The van der Waals surface area contributed by atoms with Crippen molar-refractivity contribution in [2.45, 2.75) is 38.0 Å². The fourth-order valence-corrected chi connectivity index (χ4v) is 5.08. The van der Waals surface area contributed by atoms with Gasteiger partial charge >= 0.3 is 0 Å². The maximum atomic E-state index is 12.8. The Balaban J connectivity index is 1.46. The highest BCUT2D eigenvalue weighted by Crippen LogP contribution is 2.27. The van der Waals surface area contributed by atoms with Crippen LogP contribution in [0.2, 0.25) is 0 Å². The lowest BCUT2D eigenvalue weighted by Gasteiger charge is -2.25. The molecule has 0 unspecified atom stereocenters. The molecule has 1 saturated heterocycles. The Bertz CT molecular complexity index is 1160. The second-order valence-electron chi connectivity index (χ2n) is 7.63. The molecule has 3 heterocycles. The van der Waals surface area contributed by atoms with E-state index in [4.69, 9.17) is 4.74 Å². The van der Waals surface area contributed by atoms with Gasteiger partial charge in [-0.15, -0.1) is 0 Å². The van der Waals surface area contributed by atoms with Crippen LogP contribution >= 0.6 is 0 Å². The lowest BCUT2D eigenvalue weighted by molar-refractivity contribution is 0.346. The minimum Gasteiger partial charge on any atom is -0.455 e. The molecule has 0 aliphatic carbocycles. The summed E-state index contributed by atoms with van der Waals surface area (Å²) in [5.41, 5.74) is 2.50. The number of pyridine rings is 2. The SMILES string of the molecule is Cc1ccc(Oc2ccnc(Nc3ccc(S(=O)(=O)N4CCCCC4)cc3)c2)c(C)n1. The average molecular weight is 439 g/mol. The summed E-state index contributed by atoms with van der Waals surface area (Å²) in [5, 5.41) is 3.20. The summed E-state index contributed by atoms with van der Waals surface area (Å²) in [5.74, 6) is 1.92. The van der Waals surface area contributed by atoms with E-state index in [0.717, 1.165) is 36.3 Å². The van der Waals surface area contributed by atoms with Crippen LogP contribution in [-0.2, 0) is 10.0 Å². The molecular formula is C23H26N4O3S. The van der Waals surface area contributed by atoms with Gasteiger partial charge in [-0.3, -0.25) is 4.98 Å². The van der Waals surface area contributed by atoms with E-state index >= 15 is 0 Å². The fraction of sp³-hybridized carbons (Fsp3) is 0.304. The molecule has 3 aromatic rings. The zero-order valence-corrected chi connectivity index (χ0v) is 18.5.